The summed E-state index contributed by atoms with van der Waals surface area (Å²) in [5, 5.41) is -0.0126. The van der Waals surface area contributed by atoms with Crippen LogP contribution in [0.3, 0.4) is 0 Å². The average Bonchev–Trinajstić information content (AvgIpc) is 2.69. The summed E-state index contributed by atoms with van der Waals surface area (Å²) in [6, 6.07) is 7.04. The van der Waals surface area contributed by atoms with Crippen molar-refractivity contribution in [1.29, 1.82) is 0 Å². The Morgan fingerprint density at radius 2 is 1.94 bits per heavy atom. The molecule has 0 N–H and O–H groups in total. The summed E-state index contributed by atoms with van der Waals surface area (Å²) in [6.07, 6.45) is -3.60. The van der Waals surface area contributed by atoms with Crippen LogP contribution >= 0.6 is 33.9 Å². The number of hydrogen-bond acceptors (Lipinski definition) is 3. The van der Waals surface area contributed by atoms with Crippen molar-refractivity contribution in [2.24, 2.45) is 0 Å². The molecule has 1 aromatic heterocycles. The SMILES string of the molecule is FC(F)(F)c1cnc(Oc2ccccc2I)s1. The van der Waals surface area contributed by atoms with E-state index in [1.54, 1.807) is 18.2 Å². The zero-order valence-electron chi connectivity index (χ0n) is 8.16. The number of ether oxygens (including phenoxy) is 1. The maximum absolute atomic E-state index is 12.3. The maximum Gasteiger partial charge on any atom is 0.427 e. The number of alkyl halides is 3. The van der Waals surface area contributed by atoms with Crippen LogP contribution < -0.4 is 4.74 Å². The molecule has 1 aromatic carbocycles. The van der Waals surface area contributed by atoms with Crippen LogP contribution in [0, 0.1) is 3.57 Å². The van der Waals surface area contributed by atoms with Gasteiger partial charge in [0.1, 0.15) is 10.6 Å². The highest BCUT2D eigenvalue weighted by molar-refractivity contribution is 14.1. The summed E-state index contributed by atoms with van der Waals surface area (Å²) >= 11 is 2.52. The predicted octanol–water partition coefficient (Wildman–Crippen LogP) is 4.56. The van der Waals surface area contributed by atoms with E-state index in [1.807, 2.05) is 28.7 Å². The largest absolute Gasteiger partial charge is 0.430 e. The zero-order valence-corrected chi connectivity index (χ0v) is 11.1. The maximum atomic E-state index is 12.3. The van der Waals surface area contributed by atoms with Gasteiger partial charge in [-0.25, -0.2) is 4.98 Å². The molecule has 0 saturated heterocycles. The number of hydrogen-bond donors (Lipinski definition) is 0. The van der Waals surface area contributed by atoms with Gasteiger partial charge in [0.25, 0.3) is 5.19 Å². The quantitative estimate of drug-likeness (QED) is 0.723. The Balaban J connectivity index is 2.21. The van der Waals surface area contributed by atoms with Gasteiger partial charge in [0.2, 0.25) is 0 Å². The summed E-state index contributed by atoms with van der Waals surface area (Å²) in [4.78, 5) is 2.83. The van der Waals surface area contributed by atoms with Crippen LogP contribution in [0.2, 0.25) is 0 Å². The Bertz CT molecular complexity index is 526. The van der Waals surface area contributed by atoms with E-state index in [0.29, 0.717) is 17.1 Å². The first-order valence-electron chi connectivity index (χ1n) is 4.42. The van der Waals surface area contributed by atoms with Gasteiger partial charge in [0, 0.05) is 0 Å². The van der Waals surface area contributed by atoms with Gasteiger partial charge in [-0.15, -0.1) is 0 Å². The zero-order chi connectivity index (χ0) is 12.5. The van der Waals surface area contributed by atoms with Crippen LogP contribution in [0.4, 0.5) is 13.2 Å². The van der Waals surface area contributed by atoms with Crippen molar-refractivity contribution < 1.29 is 17.9 Å². The van der Waals surface area contributed by atoms with E-state index in [2.05, 4.69) is 4.98 Å². The smallest absolute Gasteiger partial charge is 0.427 e. The second-order valence-electron chi connectivity index (χ2n) is 3.02. The van der Waals surface area contributed by atoms with Gasteiger partial charge in [0.05, 0.1) is 9.77 Å². The number of rotatable bonds is 2. The van der Waals surface area contributed by atoms with Crippen molar-refractivity contribution in [3.63, 3.8) is 0 Å². The fourth-order valence-corrected chi connectivity index (χ4v) is 2.20. The fraction of sp³-hybridized carbons (Fsp3) is 0.100. The molecule has 0 aliphatic carbocycles. The Labute approximate surface area is 113 Å². The molecular weight excluding hydrogens is 366 g/mol. The molecular formula is C10H5F3INOS. The molecule has 0 radical (unpaired) electrons. The lowest BCUT2D eigenvalue weighted by Crippen LogP contribution is -2.00. The van der Waals surface area contributed by atoms with E-state index in [1.165, 1.54) is 0 Å². The van der Waals surface area contributed by atoms with E-state index in [9.17, 15) is 13.2 Å². The Hall–Kier alpha value is -0.830. The van der Waals surface area contributed by atoms with Crippen LogP contribution in [-0.4, -0.2) is 4.98 Å². The summed E-state index contributed by atoms with van der Waals surface area (Å²) in [5.74, 6) is 0.496. The summed E-state index contributed by atoms with van der Waals surface area (Å²) in [7, 11) is 0. The lowest BCUT2D eigenvalue weighted by molar-refractivity contribution is -0.134. The highest BCUT2D eigenvalue weighted by Crippen LogP contribution is 2.37. The number of thiazole rings is 1. The molecule has 2 nitrogen and oxygen atoms in total. The van der Waals surface area contributed by atoms with Crippen molar-refractivity contribution in [3.8, 4) is 10.9 Å². The minimum absolute atomic E-state index is 0.0126. The van der Waals surface area contributed by atoms with Crippen molar-refractivity contribution in [2.45, 2.75) is 6.18 Å². The second kappa shape index (κ2) is 4.81. The molecule has 0 fully saturated rings. The van der Waals surface area contributed by atoms with Crippen LogP contribution in [0.15, 0.2) is 30.5 Å². The molecule has 17 heavy (non-hydrogen) atoms. The van der Waals surface area contributed by atoms with Crippen molar-refractivity contribution in [1.82, 2.24) is 4.98 Å². The molecule has 7 heteroatoms. The minimum Gasteiger partial charge on any atom is -0.430 e. The number of para-hydroxylation sites is 1. The van der Waals surface area contributed by atoms with Crippen LogP contribution in [-0.2, 0) is 6.18 Å². The molecule has 0 amide bonds. The molecule has 0 spiro atoms. The topological polar surface area (TPSA) is 22.1 Å². The Kier molecular flexibility index (Phi) is 3.57. The first-order chi connectivity index (χ1) is 7.97. The normalized spacial score (nSPS) is 11.5. The molecule has 0 saturated carbocycles. The third-order valence-corrected chi connectivity index (χ3v) is 3.61. The van der Waals surface area contributed by atoms with Gasteiger partial charge in [-0.05, 0) is 34.7 Å². The monoisotopic (exact) mass is 371 g/mol. The molecule has 90 valence electrons. The van der Waals surface area contributed by atoms with Crippen LogP contribution in [0.1, 0.15) is 4.88 Å². The van der Waals surface area contributed by atoms with Crippen molar-refractivity contribution in [2.75, 3.05) is 0 Å². The van der Waals surface area contributed by atoms with E-state index in [4.69, 9.17) is 4.74 Å². The average molecular weight is 371 g/mol. The number of aromatic nitrogens is 1. The highest BCUT2D eigenvalue weighted by Gasteiger charge is 2.33. The number of nitrogens with zero attached hydrogens (tertiary/aromatic N) is 1. The lowest BCUT2D eigenvalue weighted by Gasteiger charge is -2.03. The fourth-order valence-electron chi connectivity index (χ4n) is 1.06. The van der Waals surface area contributed by atoms with Crippen molar-refractivity contribution in [3.05, 3.63) is 38.9 Å². The van der Waals surface area contributed by atoms with Gasteiger partial charge in [-0.1, -0.05) is 23.5 Å². The van der Waals surface area contributed by atoms with Crippen molar-refractivity contribution >= 4 is 33.9 Å². The molecule has 0 unspecified atom stereocenters. The first kappa shape index (κ1) is 12.6. The summed E-state index contributed by atoms with van der Waals surface area (Å²) in [6.45, 7) is 0. The molecule has 0 aliphatic heterocycles. The van der Waals surface area contributed by atoms with Gasteiger partial charge >= 0.3 is 6.18 Å². The molecule has 0 bridgehead atoms. The molecule has 0 aliphatic rings. The number of halogens is 4. The Morgan fingerprint density at radius 3 is 2.53 bits per heavy atom. The third kappa shape index (κ3) is 3.09. The standard InChI is InChI=1S/C10H5F3INOS/c11-10(12,13)8-5-15-9(17-8)16-7-4-2-1-3-6(7)14/h1-5H. The van der Waals surface area contributed by atoms with E-state index >= 15 is 0 Å². The predicted molar refractivity (Wildman–Crippen MR) is 66.3 cm³/mol. The molecule has 1 heterocycles. The highest BCUT2D eigenvalue weighted by atomic mass is 127. The van der Waals surface area contributed by atoms with Crippen LogP contribution in [0.5, 0.6) is 10.9 Å². The molecule has 2 aromatic rings. The van der Waals surface area contributed by atoms with Crippen LogP contribution in [0.25, 0.3) is 0 Å². The Morgan fingerprint density at radius 1 is 1.24 bits per heavy atom. The second-order valence-corrected chi connectivity index (χ2v) is 5.18. The minimum atomic E-state index is -4.37. The van der Waals surface area contributed by atoms with E-state index < -0.39 is 11.1 Å². The van der Waals surface area contributed by atoms with Gasteiger partial charge in [-0.2, -0.15) is 13.2 Å². The summed E-state index contributed by atoms with van der Waals surface area (Å²) in [5.41, 5.74) is 0. The van der Waals surface area contributed by atoms with E-state index in [-0.39, 0.29) is 5.19 Å². The first-order valence-corrected chi connectivity index (χ1v) is 6.32. The molecule has 0 atom stereocenters. The summed E-state index contributed by atoms with van der Waals surface area (Å²) < 4.78 is 43.1. The number of benzene rings is 1. The lowest BCUT2D eigenvalue weighted by atomic mass is 10.3. The van der Waals surface area contributed by atoms with Gasteiger partial charge in [0.15, 0.2) is 0 Å². The molecule has 2 rings (SSSR count). The third-order valence-electron chi connectivity index (χ3n) is 1.80. The van der Waals surface area contributed by atoms with Gasteiger partial charge < -0.3 is 4.74 Å². The van der Waals surface area contributed by atoms with Gasteiger partial charge in [-0.3, -0.25) is 0 Å². The van der Waals surface area contributed by atoms with E-state index in [0.717, 1.165) is 9.77 Å².